The van der Waals surface area contributed by atoms with Crippen molar-refractivity contribution in [2.75, 3.05) is 0 Å². The molecule has 0 saturated heterocycles. The van der Waals surface area contributed by atoms with Crippen molar-refractivity contribution in [3.63, 3.8) is 0 Å². The van der Waals surface area contributed by atoms with Gasteiger partial charge in [0, 0.05) is 12.1 Å². The average Bonchev–Trinajstić information content (AvgIpc) is 3.39. The van der Waals surface area contributed by atoms with E-state index in [2.05, 4.69) is 15.4 Å². The highest BCUT2D eigenvalue weighted by molar-refractivity contribution is 5.95. The fourth-order valence-corrected chi connectivity index (χ4v) is 2.83. The predicted octanol–water partition coefficient (Wildman–Crippen LogP) is 3.07. The lowest BCUT2D eigenvalue weighted by Crippen LogP contribution is -2.24. The maximum atomic E-state index is 12.6. The van der Waals surface area contributed by atoms with Crippen LogP contribution in [-0.4, -0.2) is 20.7 Å². The maximum absolute atomic E-state index is 12.6. The summed E-state index contributed by atoms with van der Waals surface area (Å²) < 4.78 is 1.90. The molecule has 0 radical (unpaired) electrons. The van der Waals surface area contributed by atoms with Crippen LogP contribution in [0.15, 0.2) is 60.9 Å². The highest BCUT2D eigenvalue weighted by Gasteiger charge is 2.32. The molecule has 1 fully saturated rings. The van der Waals surface area contributed by atoms with Gasteiger partial charge in [0.2, 0.25) is 0 Å². The molecule has 4 rings (SSSR count). The zero-order chi connectivity index (χ0) is 16.4. The molecule has 2 heterocycles. The van der Waals surface area contributed by atoms with Gasteiger partial charge in [0.25, 0.3) is 5.91 Å². The summed E-state index contributed by atoms with van der Waals surface area (Å²) in [5.41, 5.74) is 3.51. The molecule has 1 aliphatic rings. The number of nitrogens with one attached hydrogen (secondary N) is 1. The van der Waals surface area contributed by atoms with E-state index >= 15 is 0 Å². The molecular formula is C19H18N4O. The third-order valence-electron chi connectivity index (χ3n) is 4.17. The van der Waals surface area contributed by atoms with Crippen molar-refractivity contribution >= 4 is 5.91 Å². The number of para-hydroxylation sites is 1. The largest absolute Gasteiger partial charge is 0.346 e. The first kappa shape index (κ1) is 14.6. The fourth-order valence-electron chi connectivity index (χ4n) is 2.83. The number of nitrogens with zero attached hydrogens (tertiary/aromatic N) is 3. The number of pyridine rings is 1. The van der Waals surface area contributed by atoms with Crippen LogP contribution in [0.1, 0.15) is 40.5 Å². The first-order valence-corrected chi connectivity index (χ1v) is 8.14. The Balaban J connectivity index is 1.59. The second-order valence-corrected chi connectivity index (χ2v) is 5.97. The molecule has 1 N–H and O–H groups in total. The third-order valence-corrected chi connectivity index (χ3v) is 4.17. The molecule has 120 valence electrons. The molecule has 1 aromatic carbocycles. The van der Waals surface area contributed by atoms with Gasteiger partial charge in [-0.25, -0.2) is 4.68 Å². The average molecular weight is 318 g/mol. The summed E-state index contributed by atoms with van der Waals surface area (Å²) in [6.45, 7) is 0.417. The van der Waals surface area contributed by atoms with E-state index in [0.717, 1.165) is 29.9 Å². The van der Waals surface area contributed by atoms with Gasteiger partial charge in [-0.1, -0.05) is 24.3 Å². The number of hydrogen-bond acceptors (Lipinski definition) is 3. The lowest BCUT2D eigenvalue weighted by Gasteiger charge is -2.09. The molecule has 0 unspecified atom stereocenters. The predicted molar refractivity (Wildman–Crippen MR) is 90.9 cm³/mol. The van der Waals surface area contributed by atoms with Gasteiger partial charge in [-0.2, -0.15) is 5.10 Å². The summed E-state index contributed by atoms with van der Waals surface area (Å²) in [6, 6.07) is 15.6. The van der Waals surface area contributed by atoms with E-state index in [9.17, 15) is 4.79 Å². The molecule has 24 heavy (non-hydrogen) atoms. The Morgan fingerprint density at radius 3 is 2.62 bits per heavy atom. The van der Waals surface area contributed by atoms with E-state index in [1.54, 1.807) is 12.4 Å². The van der Waals surface area contributed by atoms with Crippen molar-refractivity contribution in [1.82, 2.24) is 20.1 Å². The molecule has 0 aliphatic heterocycles. The van der Waals surface area contributed by atoms with Crippen molar-refractivity contribution in [2.24, 2.45) is 0 Å². The number of benzene rings is 1. The number of amides is 1. The topological polar surface area (TPSA) is 59.8 Å². The van der Waals surface area contributed by atoms with Crippen LogP contribution in [-0.2, 0) is 6.54 Å². The van der Waals surface area contributed by atoms with Crippen molar-refractivity contribution in [3.05, 3.63) is 77.9 Å². The first-order valence-electron chi connectivity index (χ1n) is 8.14. The van der Waals surface area contributed by atoms with Crippen molar-refractivity contribution in [1.29, 1.82) is 0 Å². The minimum atomic E-state index is -0.0928. The lowest BCUT2D eigenvalue weighted by atomic mass is 10.1. The second kappa shape index (κ2) is 6.28. The monoisotopic (exact) mass is 318 g/mol. The quantitative estimate of drug-likeness (QED) is 0.786. The van der Waals surface area contributed by atoms with Crippen LogP contribution in [0.3, 0.4) is 0 Å². The van der Waals surface area contributed by atoms with Gasteiger partial charge in [-0.15, -0.1) is 0 Å². The standard InChI is InChI=1S/C19H18N4O/c24-19(21-12-15-6-4-5-11-20-15)17-13-22-23(18(17)14-9-10-14)16-7-2-1-3-8-16/h1-8,11,13-14H,9-10,12H2,(H,21,24). The van der Waals surface area contributed by atoms with E-state index in [1.165, 1.54) is 0 Å². The summed E-state index contributed by atoms with van der Waals surface area (Å²) in [6.07, 6.45) is 5.62. The Morgan fingerprint density at radius 2 is 1.92 bits per heavy atom. The molecular weight excluding hydrogens is 300 g/mol. The third kappa shape index (κ3) is 2.93. The van der Waals surface area contributed by atoms with Crippen LogP contribution in [0, 0.1) is 0 Å². The Kier molecular flexibility index (Phi) is 3.83. The Morgan fingerprint density at radius 1 is 1.12 bits per heavy atom. The molecule has 1 amide bonds. The van der Waals surface area contributed by atoms with Crippen molar-refractivity contribution in [3.8, 4) is 5.69 Å². The first-order chi connectivity index (χ1) is 11.8. The van der Waals surface area contributed by atoms with Crippen LogP contribution >= 0.6 is 0 Å². The van der Waals surface area contributed by atoms with Crippen LogP contribution in [0.25, 0.3) is 5.69 Å². The Bertz CT molecular complexity index is 838. The zero-order valence-electron chi connectivity index (χ0n) is 13.2. The van der Waals surface area contributed by atoms with Gasteiger partial charge in [-0.05, 0) is 37.1 Å². The van der Waals surface area contributed by atoms with Crippen LogP contribution in [0.5, 0.6) is 0 Å². The summed E-state index contributed by atoms with van der Waals surface area (Å²) in [5.74, 6) is 0.327. The normalized spacial score (nSPS) is 13.7. The Hall–Kier alpha value is -2.95. The Labute approximate surface area is 140 Å². The lowest BCUT2D eigenvalue weighted by molar-refractivity contribution is 0.0949. The highest BCUT2D eigenvalue weighted by atomic mass is 16.1. The maximum Gasteiger partial charge on any atom is 0.255 e. The number of aromatic nitrogens is 3. The molecule has 5 nitrogen and oxygen atoms in total. The smallest absolute Gasteiger partial charge is 0.255 e. The van der Waals surface area contributed by atoms with Gasteiger partial charge in [0.1, 0.15) is 0 Å². The minimum absolute atomic E-state index is 0.0928. The fraction of sp³-hybridized carbons (Fsp3) is 0.211. The van der Waals surface area contributed by atoms with E-state index in [4.69, 9.17) is 0 Å². The number of carbonyl (C=O) groups is 1. The molecule has 0 atom stereocenters. The van der Waals surface area contributed by atoms with Crippen LogP contribution in [0.2, 0.25) is 0 Å². The van der Waals surface area contributed by atoms with Gasteiger partial charge >= 0.3 is 0 Å². The van der Waals surface area contributed by atoms with E-state index in [-0.39, 0.29) is 5.91 Å². The second-order valence-electron chi connectivity index (χ2n) is 5.97. The summed E-state index contributed by atoms with van der Waals surface area (Å²) in [4.78, 5) is 16.9. The van der Waals surface area contributed by atoms with Gasteiger partial charge in [0.15, 0.2) is 0 Å². The summed E-state index contributed by atoms with van der Waals surface area (Å²) in [7, 11) is 0. The molecule has 0 bridgehead atoms. The molecule has 0 spiro atoms. The SMILES string of the molecule is O=C(NCc1ccccn1)c1cnn(-c2ccccc2)c1C1CC1. The van der Waals surface area contributed by atoms with Crippen molar-refractivity contribution < 1.29 is 4.79 Å². The van der Waals surface area contributed by atoms with E-state index in [0.29, 0.717) is 18.0 Å². The number of hydrogen-bond donors (Lipinski definition) is 1. The number of carbonyl (C=O) groups excluding carboxylic acids is 1. The van der Waals surface area contributed by atoms with E-state index in [1.807, 2.05) is 53.2 Å². The summed E-state index contributed by atoms with van der Waals surface area (Å²) >= 11 is 0. The van der Waals surface area contributed by atoms with Gasteiger partial charge in [0.05, 0.1) is 35.4 Å². The summed E-state index contributed by atoms with van der Waals surface area (Å²) in [5, 5.41) is 7.41. The molecule has 1 aliphatic carbocycles. The molecule has 3 aromatic rings. The molecule has 2 aromatic heterocycles. The molecule has 5 heteroatoms. The number of rotatable bonds is 5. The highest BCUT2D eigenvalue weighted by Crippen LogP contribution is 2.42. The molecule has 1 saturated carbocycles. The van der Waals surface area contributed by atoms with Gasteiger partial charge in [-0.3, -0.25) is 9.78 Å². The zero-order valence-corrected chi connectivity index (χ0v) is 13.2. The minimum Gasteiger partial charge on any atom is -0.346 e. The van der Waals surface area contributed by atoms with Crippen LogP contribution in [0.4, 0.5) is 0 Å². The van der Waals surface area contributed by atoms with Crippen molar-refractivity contribution in [2.45, 2.75) is 25.3 Å². The van der Waals surface area contributed by atoms with Gasteiger partial charge < -0.3 is 5.32 Å². The van der Waals surface area contributed by atoms with E-state index < -0.39 is 0 Å². The van der Waals surface area contributed by atoms with Crippen LogP contribution < -0.4 is 5.32 Å².